The molecule has 0 unspecified atom stereocenters. The molecule has 5 heterocycles. The monoisotopic (exact) mass is 556 g/mol. The zero-order chi connectivity index (χ0) is 28.3. The largest absolute Gasteiger partial charge is 0.495 e. The fourth-order valence-corrected chi connectivity index (χ4v) is 5.30. The van der Waals surface area contributed by atoms with Gasteiger partial charge in [0.05, 0.1) is 36.6 Å². The number of nitrogens with zero attached hydrogens (tertiary/aromatic N) is 7. The van der Waals surface area contributed by atoms with Crippen molar-refractivity contribution in [2.24, 2.45) is 0 Å². The summed E-state index contributed by atoms with van der Waals surface area (Å²) >= 11 is 0. The van der Waals surface area contributed by atoms with E-state index in [0.29, 0.717) is 35.7 Å². The van der Waals surface area contributed by atoms with E-state index >= 15 is 0 Å². The van der Waals surface area contributed by atoms with E-state index in [1.165, 1.54) is 22.9 Å². The van der Waals surface area contributed by atoms with Gasteiger partial charge in [0, 0.05) is 69.2 Å². The van der Waals surface area contributed by atoms with Gasteiger partial charge in [-0.15, -0.1) is 0 Å². The number of halogens is 1. The van der Waals surface area contributed by atoms with Crippen LogP contribution >= 0.6 is 0 Å². The number of rotatable bonds is 9. The summed E-state index contributed by atoms with van der Waals surface area (Å²) in [6.45, 7) is 5.94. The number of anilines is 1. The summed E-state index contributed by atoms with van der Waals surface area (Å²) in [7, 11) is 3.74. The van der Waals surface area contributed by atoms with Crippen LogP contribution in [0.15, 0.2) is 65.8 Å². The predicted molar refractivity (Wildman–Crippen MR) is 158 cm³/mol. The molecular formula is C30H33FN8O2. The van der Waals surface area contributed by atoms with E-state index in [1.54, 1.807) is 25.6 Å². The highest BCUT2D eigenvalue weighted by Gasteiger charge is 2.17. The average Bonchev–Trinajstić information content (AvgIpc) is 3.35. The molecule has 1 N–H and O–H groups in total. The molecule has 0 bridgehead atoms. The van der Waals surface area contributed by atoms with Crippen LogP contribution < -0.4 is 15.6 Å². The third-order valence-electron chi connectivity index (χ3n) is 7.67. The first-order chi connectivity index (χ1) is 20.0. The Morgan fingerprint density at radius 1 is 1.02 bits per heavy atom. The minimum Gasteiger partial charge on any atom is -0.495 e. The number of piperazine rings is 1. The van der Waals surface area contributed by atoms with Crippen LogP contribution in [-0.4, -0.2) is 87.5 Å². The number of aromatic nitrogens is 5. The van der Waals surface area contributed by atoms with Gasteiger partial charge in [0.2, 0.25) is 0 Å². The Balaban J connectivity index is 1.22. The first kappa shape index (κ1) is 26.9. The van der Waals surface area contributed by atoms with Gasteiger partial charge in [0.1, 0.15) is 17.1 Å². The third kappa shape index (κ3) is 5.77. The lowest BCUT2D eigenvalue weighted by atomic mass is 10.1. The van der Waals surface area contributed by atoms with Crippen molar-refractivity contribution >= 4 is 27.6 Å². The second kappa shape index (κ2) is 11.6. The second-order valence-electron chi connectivity index (χ2n) is 10.4. The minimum atomic E-state index is -0.309. The molecule has 0 saturated carbocycles. The van der Waals surface area contributed by atoms with Crippen LogP contribution in [0, 0.1) is 5.82 Å². The van der Waals surface area contributed by atoms with Gasteiger partial charge in [0.15, 0.2) is 5.82 Å². The lowest BCUT2D eigenvalue weighted by Gasteiger charge is -2.32. The Morgan fingerprint density at radius 3 is 2.71 bits per heavy atom. The van der Waals surface area contributed by atoms with E-state index in [4.69, 9.17) is 4.74 Å². The Hall–Kier alpha value is -4.35. The van der Waals surface area contributed by atoms with Crippen LogP contribution in [0.25, 0.3) is 27.8 Å². The number of pyridine rings is 2. The highest BCUT2D eigenvalue weighted by atomic mass is 19.1. The van der Waals surface area contributed by atoms with E-state index in [9.17, 15) is 9.18 Å². The van der Waals surface area contributed by atoms with Gasteiger partial charge in [-0.1, -0.05) is 0 Å². The molecule has 41 heavy (non-hydrogen) atoms. The average molecular weight is 557 g/mol. The van der Waals surface area contributed by atoms with Crippen LogP contribution in [0.1, 0.15) is 5.56 Å². The number of hydrogen-bond acceptors (Lipinski definition) is 8. The van der Waals surface area contributed by atoms with Gasteiger partial charge < -0.3 is 19.9 Å². The van der Waals surface area contributed by atoms with E-state index in [0.717, 1.165) is 61.3 Å². The molecule has 1 aromatic carbocycles. The molecule has 4 aromatic heterocycles. The fourth-order valence-electron chi connectivity index (χ4n) is 5.30. The molecule has 0 spiro atoms. The fraction of sp³-hybridized carbons (Fsp3) is 0.333. The first-order valence-electron chi connectivity index (χ1n) is 13.8. The number of methoxy groups -OCH3 is 1. The quantitative estimate of drug-likeness (QED) is 0.296. The third-order valence-corrected chi connectivity index (χ3v) is 7.67. The maximum atomic E-state index is 14.4. The molecule has 11 heteroatoms. The number of ether oxygens (including phenoxy) is 1. The van der Waals surface area contributed by atoms with Crippen molar-refractivity contribution in [3.05, 3.63) is 82.8 Å². The van der Waals surface area contributed by atoms with Crippen LogP contribution in [0.3, 0.4) is 0 Å². The summed E-state index contributed by atoms with van der Waals surface area (Å²) in [5.74, 6) is 0.889. The molecule has 0 aliphatic carbocycles. The standard InChI is InChI=1S/C30H33FN8O2/c1-36-13-15-37(16-14-36)11-8-21-20-38(27-17-22(31)3-4-24(21)27)28-5-6-29(40)39(35-28)12-10-33-25-7-9-32-26-18-23(41-2)19-34-30(25)26/h3-7,9,17-20H,8,10-16H2,1-2H3,(H,32,33). The van der Waals surface area contributed by atoms with E-state index < -0.39 is 0 Å². The molecule has 1 fully saturated rings. The molecular weight excluding hydrogens is 523 g/mol. The zero-order valence-electron chi connectivity index (χ0n) is 23.3. The van der Waals surface area contributed by atoms with Gasteiger partial charge in [-0.3, -0.25) is 14.3 Å². The Morgan fingerprint density at radius 2 is 1.88 bits per heavy atom. The second-order valence-corrected chi connectivity index (χ2v) is 10.4. The topological polar surface area (TPSA) is 93.3 Å². The molecule has 1 saturated heterocycles. The minimum absolute atomic E-state index is 0.212. The van der Waals surface area contributed by atoms with Crippen molar-refractivity contribution in [3.8, 4) is 11.6 Å². The van der Waals surface area contributed by atoms with Crippen molar-refractivity contribution in [1.82, 2.24) is 34.1 Å². The summed E-state index contributed by atoms with van der Waals surface area (Å²) in [4.78, 5) is 26.4. The van der Waals surface area contributed by atoms with Gasteiger partial charge >= 0.3 is 0 Å². The highest BCUT2D eigenvalue weighted by molar-refractivity contribution is 5.88. The maximum absolute atomic E-state index is 14.4. The highest BCUT2D eigenvalue weighted by Crippen LogP contribution is 2.26. The Labute approximate surface area is 237 Å². The van der Waals surface area contributed by atoms with Gasteiger partial charge in [-0.2, -0.15) is 5.10 Å². The number of fused-ring (bicyclic) bond motifs is 2. The summed E-state index contributed by atoms with van der Waals surface area (Å²) in [5, 5.41) is 8.99. The molecule has 1 aliphatic rings. The van der Waals surface area contributed by atoms with Crippen molar-refractivity contribution in [1.29, 1.82) is 0 Å². The summed E-state index contributed by atoms with van der Waals surface area (Å²) in [6, 6.07) is 11.7. The summed E-state index contributed by atoms with van der Waals surface area (Å²) in [5.41, 5.74) is 3.89. The summed E-state index contributed by atoms with van der Waals surface area (Å²) < 4.78 is 22.9. The molecule has 6 rings (SSSR count). The normalized spacial score (nSPS) is 14.6. The van der Waals surface area contributed by atoms with Crippen LogP contribution in [0.4, 0.5) is 10.1 Å². The molecule has 0 amide bonds. The number of hydrogen-bond donors (Lipinski definition) is 1. The maximum Gasteiger partial charge on any atom is 0.266 e. The molecule has 1 aliphatic heterocycles. The van der Waals surface area contributed by atoms with Crippen LogP contribution in [0.5, 0.6) is 5.75 Å². The number of likely N-dealkylation sites (N-methyl/N-ethyl adjacent to an activating group) is 1. The van der Waals surface area contributed by atoms with Crippen LogP contribution in [0.2, 0.25) is 0 Å². The van der Waals surface area contributed by atoms with Gasteiger partial charge in [-0.05, 0) is 49.4 Å². The van der Waals surface area contributed by atoms with E-state index in [2.05, 4.69) is 37.2 Å². The summed E-state index contributed by atoms with van der Waals surface area (Å²) in [6.07, 6.45) is 6.23. The van der Waals surface area contributed by atoms with E-state index in [1.807, 2.05) is 29.0 Å². The number of benzene rings is 1. The lowest BCUT2D eigenvalue weighted by molar-refractivity contribution is 0.155. The van der Waals surface area contributed by atoms with Gasteiger partial charge in [0.25, 0.3) is 5.56 Å². The predicted octanol–water partition coefficient (Wildman–Crippen LogP) is 3.18. The smallest absolute Gasteiger partial charge is 0.266 e. The molecule has 212 valence electrons. The SMILES string of the molecule is COc1cnc2c(NCCn3nc(-n4cc(CCN5CCN(C)CC5)c5ccc(F)cc54)ccc3=O)ccnc2c1. The lowest BCUT2D eigenvalue weighted by Crippen LogP contribution is -2.45. The molecule has 5 aromatic rings. The van der Waals surface area contributed by atoms with Crippen molar-refractivity contribution in [3.63, 3.8) is 0 Å². The Bertz CT molecular complexity index is 1740. The van der Waals surface area contributed by atoms with Crippen molar-refractivity contribution < 1.29 is 9.13 Å². The van der Waals surface area contributed by atoms with Crippen molar-refractivity contribution in [2.75, 3.05) is 58.7 Å². The first-order valence-corrected chi connectivity index (χ1v) is 13.8. The Kier molecular flexibility index (Phi) is 7.62. The van der Waals surface area contributed by atoms with Gasteiger partial charge in [-0.25, -0.2) is 14.1 Å². The van der Waals surface area contributed by atoms with Crippen LogP contribution in [-0.2, 0) is 13.0 Å². The van der Waals surface area contributed by atoms with E-state index in [-0.39, 0.29) is 11.4 Å². The molecule has 10 nitrogen and oxygen atoms in total. The molecule has 0 radical (unpaired) electrons. The van der Waals surface area contributed by atoms with Crippen molar-refractivity contribution in [2.45, 2.75) is 13.0 Å². The molecule has 0 atom stereocenters. The zero-order valence-corrected chi connectivity index (χ0v) is 23.3. The number of nitrogens with one attached hydrogen (secondary N) is 1.